The van der Waals surface area contributed by atoms with E-state index in [-0.39, 0.29) is 21.8 Å². The van der Waals surface area contributed by atoms with Gasteiger partial charge in [-0.05, 0) is 49.4 Å². The number of hydrazone groups is 1. The molecule has 1 aromatic heterocycles. The number of benzene rings is 2. The topological polar surface area (TPSA) is 126 Å². The van der Waals surface area contributed by atoms with Gasteiger partial charge in [0.2, 0.25) is 0 Å². The molecule has 160 valence electrons. The molecule has 1 aliphatic rings. The van der Waals surface area contributed by atoms with Crippen molar-refractivity contribution in [3.8, 4) is 11.3 Å². The Kier molecular flexibility index (Phi) is 5.33. The van der Waals surface area contributed by atoms with Gasteiger partial charge in [0.25, 0.3) is 11.6 Å². The SMILES string of the molecule is CC1=NN(c2cccc(C(=O)O)c2)C(=O)/C1=C\c1ccc(-c2cc([N+](=O)[O-])ccc2Cl)o1. The van der Waals surface area contributed by atoms with Crippen LogP contribution >= 0.6 is 11.6 Å². The van der Waals surface area contributed by atoms with Crippen molar-refractivity contribution in [2.24, 2.45) is 5.10 Å². The standard InChI is InChI=1S/C22H14ClN3O6/c1-12-17(21(27)25(24-12)14-4-2-3-13(9-14)22(28)29)11-16-6-8-20(32-16)18-10-15(26(30)31)5-7-19(18)23/h2-11H,1H3,(H,28,29)/b17-11-. The molecule has 1 N–H and O–H groups in total. The quantitative estimate of drug-likeness (QED) is 0.330. The molecule has 3 aromatic rings. The average molecular weight is 452 g/mol. The molecule has 0 saturated heterocycles. The molecule has 0 radical (unpaired) electrons. The van der Waals surface area contributed by atoms with E-state index < -0.39 is 16.8 Å². The summed E-state index contributed by atoms with van der Waals surface area (Å²) in [7, 11) is 0. The van der Waals surface area contributed by atoms with Crippen LogP contribution in [-0.2, 0) is 4.79 Å². The van der Waals surface area contributed by atoms with E-state index in [0.29, 0.717) is 28.5 Å². The van der Waals surface area contributed by atoms with Gasteiger partial charge in [-0.1, -0.05) is 17.7 Å². The molecule has 0 saturated carbocycles. The van der Waals surface area contributed by atoms with E-state index in [1.54, 1.807) is 25.1 Å². The summed E-state index contributed by atoms with van der Waals surface area (Å²) < 4.78 is 5.75. The second kappa shape index (κ2) is 8.12. The van der Waals surface area contributed by atoms with Crippen LogP contribution in [0.15, 0.2) is 69.7 Å². The molecule has 0 aliphatic carbocycles. The zero-order valence-corrected chi connectivity index (χ0v) is 17.2. The lowest BCUT2D eigenvalue weighted by Crippen LogP contribution is -2.21. The summed E-state index contributed by atoms with van der Waals surface area (Å²) in [6, 6.07) is 13.1. The minimum atomic E-state index is -1.11. The van der Waals surface area contributed by atoms with Gasteiger partial charge in [-0.15, -0.1) is 0 Å². The van der Waals surface area contributed by atoms with E-state index in [4.69, 9.17) is 16.0 Å². The summed E-state index contributed by atoms with van der Waals surface area (Å²) in [6.45, 7) is 1.64. The molecule has 10 heteroatoms. The third kappa shape index (κ3) is 3.88. The Balaban J connectivity index is 1.64. The van der Waals surface area contributed by atoms with Crippen LogP contribution in [0.3, 0.4) is 0 Å². The minimum Gasteiger partial charge on any atom is -0.478 e. The fourth-order valence-electron chi connectivity index (χ4n) is 3.16. The molecular formula is C22H14ClN3O6. The van der Waals surface area contributed by atoms with Crippen LogP contribution in [-0.4, -0.2) is 27.6 Å². The molecule has 32 heavy (non-hydrogen) atoms. The zero-order chi connectivity index (χ0) is 23.0. The normalized spacial score (nSPS) is 14.7. The van der Waals surface area contributed by atoms with E-state index in [9.17, 15) is 24.8 Å². The number of halogens is 1. The van der Waals surface area contributed by atoms with Crippen LogP contribution < -0.4 is 5.01 Å². The number of rotatable bonds is 5. The number of hydrogen-bond acceptors (Lipinski definition) is 6. The highest BCUT2D eigenvalue weighted by molar-refractivity contribution is 6.33. The van der Waals surface area contributed by atoms with Crippen LogP contribution in [0.2, 0.25) is 5.02 Å². The highest BCUT2D eigenvalue weighted by atomic mass is 35.5. The van der Waals surface area contributed by atoms with Gasteiger partial charge in [-0.2, -0.15) is 10.1 Å². The lowest BCUT2D eigenvalue weighted by atomic mass is 10.1. The molecule has 0 spiro atoms. The Morgan fingerprint density at radius 2 is 2.00 bits per heavy atom. The molecule has 0 fully saturated rings. The van der Waals surface area contributed by atoms with Crippen LogP contribution in [0.25, 0.3) is 17.4 Å². The van der Waals surface area contributed by atoms with Gasteiger partial charge in [0.05, 0.1) is 32.5 Å². The van der Waals surface area contributed by atoms with Gasteiger partial charge in [0, 0.05) is 17.7 Å². The summed E-state index contributed by atoms with van der Waals surface area (Å²) in [5.74, 6) is -0.938. The molecule has 1 amide bonds. The number of carbonyl (C=O) groups excluding carboxylic acids is 1. The van der Waals surface area contributed by atoms with Crippen molar-refractivity contribution in [3.63, 3.8) is 0 Å². The monoisotopic (exact) mass is 451 g/mol. The largest absolute Gasteiger partial charge is 0.478 e. The molecule has 2 heterocycles. The van der Waals surface area contributed by atoms with E-state index >= 15 is 0 Å². The number of hydrogen-bond donors (Lipinski definition) is 1. The number of nitrogens with zero attached hydrogens (tertiary/aromatic N) is 3. The Morgan fingerprint density at radius 1 is 1.22 bits per heavy atom. The number of amides is 1. The maximum Gasteiger partial charge on any atom is 0.335 e. The Bertz CT molecular complexity index is 1340. The first-order chi connectivity index (χ1) is 15.2. The van der Waals surface area contributed by atoms with Crippen LogP contribution in [0.4, 0.5) is 11.4 Å². The second-order valence-electron chi connectivity index (χ2n) is 6.84. The zero-order valence-electron chi connectivity index (χ0n) is 16.5. The molecule has 2 aromatic carbocycles. The predicted molar refractivity (Wildman–Crippen MR) is 118 cm³/mol. The first-order valence-electron chi connectivity index (χ1n) is 9.24. The summed E-state index contributed by atoms with van der Waals surface area (Å²) in [5.41, 5.74) is 1.25. The van der Waals surface area contributed by atoms with E-state index in [0.717, 1.165) is 5.01 Å². The summed E-state index contributed by atoms with van der Waals surface area (Å²) in [6.07, 6.45) is 1.50. The predicted octanol–water partition coefficient (Wildman–Crippen LogP) is 5.01. The highest BCUT2D eigenvalue weighted by Gasteiger charge is 2.29. The number of aromatic carboxylic acids is 1. The highest BCUT2D eigenvalue weighted by Crippen LogP contribution is 2.33. The van der Waals surface area contributed by atoms with Gasteiger partial charge < -0.3 is 9.52 Å². The molecule has 0 atom stereocenters. The average Bonchev–Trinajstić information content (AvgIpc) is 3.34. The number of carbonyl (C=O) groups is 2. The third-order valence-electron chi connectivity index (χ3n) is 4.74. The molecule has 1 aliphatic heterocycles. The molecule has 9 nitrogen and oxygen atoms in total. The van der Waals surface area contributed by atoms with Crippen LogP contribution in [0.1, 0.15) is 23.0 Å². The van der Waals surface area contributed by atoms with E-state index in [1.165, 1.54) is 42.5 Å². The smallest absolute Gasteiger partial charge is 0.335 e. The van der Waals surface area contributed by atoms with Gasteiger partial charge in [0.15, 0.2) is 0 Å². The number of nitro groups is 1. The van der Waals surface area contributed by atoms with Crippen molar-refractivity contribution >= 4 is 46.6 Å². The van der Waals surface area contributed by atoms with E-state index in [2.05, 4.69) is 5.10 Å². The van der Waals surface area contributed by atoms with Crippen molar-refractivity contribution in [3.05, 3.63) is 86.6 Å². The molecule has 4 rings (SSSR count). The van der Waals surface area contributed by atoms with Crippen molar-refractivity contribution in [2.45, 2.75) is 6.92 Å². The Hall–Kier alpha value is -4.24. The minimum absolute atomic E-state index is 0.0325. The number of anilines is 1. The van der Waals surface area contributed by atoms with Gasteiger partial charge in [0.1, 0.15) is 11.5 Å². The number of non-ortho nitro benzene ring substituents is 1. The Labute approximate surface area is 186 Å². The van der Waals surface area contributed by atoms with Crippen molar-refractivity contribution in [1.82, 2.24) is 0 Å². The maximum absolute atomic E-state index is 12.9. The van der Waals surface area contributed by atoms with Crippen molar-refractivity contribution < 1.29 is 24.0 Å². The third-order valence-corrected chi connectivity index (χ3v) is 5.07. The maximum atomic E-state index is 12.9. The van der Waals surface area contributed by atoms with Gasteiger partial charge in [-0.25, -0.2) is 4.79 Å². The van der Waals surface area contributed by atoms with Gasteiger partial charge >= 0.3 is 5.97 Å². The molecule has 0 unspecified atom stereocenters. The first-order valence-corrected chi connectivity index (χ1v) is 9.61. The number of carboxylic acids is 1. The fraction of sp³-hybridized carbons (Fsp3) is 0.0455. The number of furan rings is 1. The fourth-order valence-corrected chi connectivity index (χ4v) is 3.37. The number of nitro benzene ring substituents is 1. The number of carboxylic acid groups (broad SMARTS) is 1. The summed E-state index contributed by atoms with van der Waals surface area (Å²) in [4.78, 5) is 34.6. The molecular weight excluding hydrogens is 438 g/mol. The second-order valence-corrected chi connectivity index (χ2v) is 7.25. The van der Waals surface area contributed by atoms with Crippen LogP contribution in [0.5, 0.6) is 0 Å². The summed E-state index contributed by atoms with van der Waals surface area (Å²) in [5, 5.41) is 25.8. The Morgan fingerprint density at radius 3 is 2.72 bits per heavy atom. The van der Waals surface area contributed by atoms with Gasteiger partial charge in [-0.3, -0.25) is 14.9 Å². The first kappa shape index (κ1) is 21.0. The lowest BCUT2D eigenvalue weighted by molar-refractivity contribution is -0.384. The van der Waals surface area contributed by atoms with E-state index in [1.807, 2.05) is 0 Å². The lowest BCUT2D eigenvalue weighted by Gasteiger charge is -2.12. The van der Waals surface area contributed by atoms with Crippen molar-refractivity contribution in [2.75, 3.05) is 5.01 Å². The van der Waals surface area contributed by atoms with Crippen molar-refractivity contribution in [1.29, 1.82) is 0 Å². The molecule has 0 bridgehead atoms. The van der Waals surface area contributed by atoms with Crippen LogP contribution in [0, 0.1) is 10.1 Å². The summed E-state index contributed by atoms with van der Waals surface area (Å²) >= 11 is 6.16.